The van der Waals surface area contributed by atoms with Gasteiger partial charge in [0.25, 0.3) is 0 Å². The molecule has 0 radical (unpaired) electrons. The summed E-state index contributed by atoms with van der Waals surface area (Å²) < 4.78 is 0. The molecule has 1 heterocycles. The molecule has 1 saturated heterocycles. The minimum absolute atomic E-state index is 0.627. The molecule has 1 atom stereocenters. The molecule has 1 aliphatic carbocycles. The normalized spacial score (nSPS) is 30.3. The van der Waals surface area contributed by atoms with Crippen LogP contribution < -0.4 is 5.32 Å². The monoisotopic (exact) mass is 217 g/mol. The van der Waals surface area contributed by atoms with Crippen LogP contribution in [0.2, 0.25) is 0 Å². The first-order valence-electron chi connectivity index (χ1n) is 6.31. The van der Waals surface area contributed by atoms with Gasteiger partial charge in [-0.1, -0.05) is 30.7 Å². The van der Waals surface area contributed by atoms with E-state index in [9.17, 15) is 5.11 Å². The van der Waals surface area contributed by atoms with E-state index in [2.05, 4.69) is 29.6 Å². The summed E-state index contributed by atoms with van der Waals surface area (Å²) in [5, 5.41) is 13.6. The van der Waals surface area contributed by atoms with Crippen LogP contribution in [0.5, 0.6) is 0 Å². The molecule has 2 heteroatoms. The van der Waals surface area contributed by atoms with Gasteiger partial charge in [0.1, 0.15) is 5.60 Å². The lowest BCUT2D eigenvalue weighted by Crippen LogP contribution is -2.28. The fourth-order valence-electron chi connectivity index (χ4n) is 2.73. The molecule has 2 aliphatic rings. The average molecular weight is 217 g/mol. The molecule has 86 valence electrons. The quantitative estimate of drug-likeness (QED) is 0.795. The molecule has 1 unspecified atom stereocenters. The number of rotatable bonds is 2. The molecule has 1 aromatic carbocycles. The third kappa shape index (κ3) is 1.66. The van der Waals surface area contributed by atoms with E-state index < -0.39 is 5.60 Å². The summed E-state index contributed by atoms with van der Waals surface area (Å²) in [5.74, 6) is 0.783. The van der Waals surface area contributed by atoms with Gasteiger partial charge in [0.15, 0.2) is 0 Å². The van der Waals surface area contributed by atoms with Gasteiger partial charge >= 0.3 is 0 Å². The number of hydrogen-bond acceptors (Lipinski definition) is 2. The maximum atomic E-state index is 10.4. The summed E-state index contributed by atoms with van der Waals surface area (Å²) in [4.78, 5) is 0. The minimum Gasteiger partial charge on any atom is -0.384 e. The van der Waals surface area contributed by atoms with Crippen molar-refractivity contribution >= 4 is 0 Å². The van der Waals surface area contributed by atoms with Crippen LogP contribution in [0.4, 0.5) is 0 Å². The maximum absolute atomic E-state index is 10.4. The van der Waals surface area contributed by atoms with E-state index in [1.807, 2.05) is 0 Å². The lowest BCUT2D eigenvalue weighted by Gasteiger charge is -2.27. The van der Waals surface area contributed by atoms with Crippen molar-refractivity contribution in [2.24, 2.45) is 0 Å². The number of aliphatic hydroxyl groups is 1. The van der Waals surface area contributed by atoms with E-state index in [0.717, 1.165) is 24.4 Å². The van der Waals surface area contributed by atoms with Crippen LogP contribution in [0.1, 0.15) is 42.7 Å². The van der Waals surface area contributed by atoms with Crippen LogP contribution in [0.15, 0.2) is 24.3 Å². The summed E-state index contributed by atoms with van der Waals surface area (Å²) in [6, 6.07) is 8.63. The first-order chi connectivity index (χ1) is 7.78. The van der Waals surface area contributed by atoms with Crippen molar-refractivity contribution in [3.63, 3.8) is 0 Å². The largest absolute Gasteiger partial charge is 0.384 e. The Kier molecular flexibility index (Phi) is 2.49. The molecule has 3 rings (SSSR count). The van der Waals surface area contributed by atoms with Crippen LogP contribution >= 0.6 is 0 Å². The molecule has 0 bridgehead atoms. The van der Waals surface area contributed by atoms with Crippen molar-refractivity contribution < 1.29 is 5.11 Å². The average Bonchev–Trinajstić information content (AvgIpc) is 2.65. The van der Waals surface area contributed by atoms with Gasteiger partial charge in [-0.3, -0.25) is 0 Å². The molecule has 2 fully saturated rings. The van der Waals surface area contributed by atoms with Gasteiger partial charge in [0.05, 0.1) is 0 Å². The first kappa shape index (κ1) is 10.3. The molecule has 1 saturated carbocycles. The van der Waals surface area contributed by atoms with Gasteiger partial charge in [0, 0.05) is 6.54 Å². The van der Waals surface area contributed by atoms with Crippen LogP contribution in [0.3, 0.4) is 0 Å². The predicted molar refractivity (Wildman–Crippen MR) is 64.4 cm³/mol. The lowest BCUT2D eigenvalue weighted by atomic mass is 9.79. The van der Waals surface area contributed by atoms with Crippen molar-refractivity contribution in [1.29, 1.82) is 0 Å². The second kappa shape index (κ2) is 3.86. The van der Waals surface area contributed by atoms with Crippen LogP contribution in [0, 0.1) is 0 Å². The van der Waals surface area contributed by atoms with Gasteiger partial charge in [-0.05, 0) is 42.9 Å². The third-order valence-corrected chi connectivity index (χ3v) is 4.16. The van der Waals surface area contributed by atoms with Gasteiger partial charge in [-0.15, -0.1) is 0 Å². The summed E-state index contributed by atoms with van der Waals surface area (Å²) in [6.45, 7) is 1.61. The van der Waals surface area contributed by atoms with E-state index in [0.29, 0.717) is 6.54 Å². The molecule has 0 spiro atoms. The van der Waals surface area contributed by atoms with Crippen molar-refractivity contribution in [2.75, 3.05) is 13.1 Å². The van der Waals surface area contributed by atoms with Gasteiger partial charge in [-0.2, -0.15) is 0 Å². The molecular weight excluding hydrogens is 198 g/mol. The molecule has 0 amide bonds. The Labute approximate surface area is 96.7 Å². The SMILES string of the molecule is OC1(c2ccc(C3CCC3)cc2)CCNC1. The fraction of sp³-hybridized carbons (Fsp3) is 0.571. The Bertz CT molecular complexity index is 361. The van der Waals surface area contributed by atoms with Crippen LogP contribution in [0.25, 0.3) is 0 Å². The fourth-order valence-corrected chi connectivity index (χ4v) is 2.73. The number of benzene rings is 1. The number of nitrogens with one attached hydrogen (secondary N) is 1. The van der Waals surface area contributed by atoms with E-state index in [4.69, 9.17) is 0 Å². The van der Waals surface area contributed by atoms with E-state index >= 15 is 0 Å². The van der Waals surface area contributed by atoms with Crippen molar-refractivity contribution in [3.8, 4) is 0 Å². The van der Waals surface area contributed by atoms with E-state index in [1.54, 1.807) is 0 Å². The van der Waals surface area contributed by atoms with Crippen molar-refractivity contribution in [3.05, 3.63) is 35.4 Å². The maximum Gasteiger partial charge on any atom is 0.103 e. The first-order valence-corrected chi connectivity index (χ1v) is 6.31. The van der Waals surface area contributed by atoms with E-state index in [1.165, 1.54) is 24.8 Å². The summed E-state index contributed by atoms with van der Waals surface area (Å²) >= 11 is 0. The van der Waals surface area contributed by atoms with Crippen LogP contribution in [-0.4, -0.2) is 18.2 Å². The van der Waals surface area contributed by atoms with Crippen LogP contribution in [-0.2, 0) is 5.60 Å². The molecule has 16 heavy (non-hydrogen) atoms. The zero-order valence-electron chi connectivity index (χ0n) is 9.58. The lowest BCUT2D eigenvalue weighted by molar-refractivity contribution is 0.0587. The summed E-state index contributed by atoms with van der Waals surface area (Å²) in [6.07, 6.45) is 4.88. The zero-order chi connectivity index (χ0) is 11.0. The van der Waals surface area contributed by atoms with Crippen molar-refractivity contribution in [1.82, 2.24) is 5.32 Å². The summed E-state index contributed by atoms with van der Waals surface area (Å²) in [5.41, 5.74) is 1.89. The summed E-state index contributed by atoms with van der Waals surface area (Å²) in [7, 11) is 0. The number of hydrogen-bond donors (Lipinski definition) is 2. The molecule has 2 N–H and O–H groups in total. The van der Waals surface area contributed by atoms with Crippen molar-refractivity contribution in [2.45, 2.75) is 37.2 Å². The minimum atomic E-state index is -0.627. The Morgan fingerprint density at radius 3 is 2.44 bits per heavy atom. The second-order valence-electron chi connectivity index (χ2n) is 5.21. The highest BCUT2D eigenvalue weighted by Gasteiger charge is 2.32. The Hall–Kier alpha value is -0.860. The van der Waals surface area contributed by atoms with Gasteiger partial charge in [0.2, 0.25) is 0 Å². The smallest absolute Gasteiger partial charge is 0.103 e. The highest BCUT2D eigenvalue weighted by atomic mass is 16.3. The molecular formula is C14H19NO. The topological polar surface area (TPSA) is 32.3 Å². The van der Waals surface area contributed by atoms with Gasteiger partial charge < -0.3 is 10.4 Å². The predicted octanol–water partition coefficient (Wildman–Crippen LogP) is 2.13. The highest BCUT2D eigenvalue weighted by Crippen LogP contribution is 2.37. The Morgan fingerprint density at radius 2 is 1.94 bits per heavy atom. The zero-order valence-corrected chi connectivity index (χ0v) is 9.58. The Balaban J connectivity index is 1.81. The molecule has 1 aromatic rings. The molecule has 0 aromatic heterocycles. The Morgan fingerprint density at radius 1 is 1.19 bits per heavy atom. The van der Waals surface area contributed by atoms with Gasteiger partial charge in [-0.25, -0.2) is 0 Å². The number of β-amino-alcohol motifs (C(OH)–C–C–N with tert-alkyl or cyclic N) is 1. The molecule has 1 aliphatic heterocycles. The molecule has 2 nitrogen and oxygen atoms in total. The van der Waals surface area contributed by atoms with E-state index in [-0.39, 0.29) is 0 Å². The second-order valence-corrected chi connectivity index (χ2v) is 5.21. The third-order valence-electron chi connectivity index (χ3n) is 4.16. The highest BCUT2D eigenvalue weighted by molar-refractivity contribution is 5.31. The standard InChI is InChI=1S/C14H19NO/c16-14(8-9-15-10-14)13-6-4-12(5-7-13)11-2-1-3-11/h4-7,11,15-16H,1-3,8-10H2.